The van der Waals surface area contributed by atoms with Gasteiger partial charge in [-0.15, -0.1) is 0 Å². The van der Waals surface area contributed by atoms with Crippen molar-refractivity contribution in [1.29, 1.82) is 0 Å². The summed E-state index contributed by atoms with van der Waals surface area (Å²) >= 11 is 6.79. The molecule has 2 aromatic rings. The maximum Gasteiger partial charge on any atom is 0.176 e. The fraction of sp³-hybridized carbons (Fsp3) is 0.0769. The Morgan fingerprint density at radius 3 is 2.44 bits per heavy atom. The predicted octanol–water partition coefficient (Wildman–Crippen LogP) is 4.08. The van der Waals surface area contributed by atoms with Crippen LogP contribution in [0.15, 0.2) is 50.2 Å². The summed E-state index contributed by atoms with van der Waals surface area (Å²) in [6, 6.07) is 13.6. The van der Waals surface area contributed by atoms with E-state index in [9.17, 15) is 8.42 Å². The number of benzene rings is 2. The van der Waals surface area contributed by atoms with Gasteiger partial charge in [0.15, 0.2) is 9.84 Å². The van der Waals surface area contributed by atoms with Crippen molar-refractivity contribution in [2.45, 2.75) is 4.90 Å². The highest BCUT2D eigenvalue weighted by atomic mass is 79.9. The third-order valence-electron chi connectivity index (χ3n) is 2.43. The molecule has 5 heteroatoms. The first-order valence-electron chi connectivity index (χ1n) is 5.06. The maximum absolute atomic E-state index is 11.7. The zero-order valence-corrected chi connectivity index (χ0v) is 13.4. The molecule has 0 unspecified atom stereocenters. The van der Waals surface area contributed by atoms with E-state index in [1.54, 1.807) is 18.2 Å². The van der Waals surface area contributed by atoms with Crippen LogP contribution in [0.3, 0.4) is 0 Å². The molecule has 0 aliphatic heterocycles. The van der Waals surface area contributed by atoms with Gasteiger partial charge in [0.2, 0.25) is 0 Å². The third kappa shape index (κ3) is 2.84. The molecular formula is C13H9Br2O2S. The molecule has 0 spiro atoms. The predicted molar refractivity (Wildman–Crippen MR) is 79.2 cm³/mol. The van der Waals surface area contributed by atoms with E-state index in [2.05, 4.69) is 37.9 Å². The maximum atomic E-state index is 11.7. The van der Waals surface area contributed by atoms with Crippen LogP contribution in [-0.2, 0) is 9.84 Å². The van der Waals surface area contributed by atoms with Gasteiger partial charge < -0.3 is 0 Å². The van der Waals surface area contributed by atoms with Crippen LogP contribution in [0.1, 0.15) is 0 Å². The second-order valence-corrected chi connectivity index (χ2v) is 7.50. The molecule has 0 fully saturated rings. The summed E-state index contributed by atoms with van der Waals surface area (Å²) in [5.74, 6) is 0. The van der Waals surface area contributed by atoms with Crippen molar-refractivity contribution in [3.05, 3.63) is 51.4 Å². The standard InChI is InChI=1S/C13H9Br2O2S/c1-18(16,17)13-5-3-2-4-10(13)9-6-7-11(14)12(15)8-9/h2-3,5-8H,1H3. The second kappa shape index (κ2) is 5.15. The largest absolute Gasteiger partial charge is 0.224 e. The molecule has 0 saturated heterocycles. The SMILES string of the molecule is CS(=O)(=O)c1ccc[c]c1-c1ccc(Br)c(Br)c1. The fourth-order valence-electron chi connectivity index (χ4n) is 1.61. The van der Waals surface area contributed by atoms with Crippen LogP contribution < -0.4 is 0 Å². The minimum atomic E-state index is -3.26. The van der Waals surface area contributed by atoms with Crippen LogP contribution in [0.4, 0.5) is 0 Å². The molecule has 0 amide bonds. The van der Waals surface area contributed by atoms with Crippen LogP contribution in [0.5, 0.6) is 0 Å². The molecule has 0 aliphatic rings. The molecule has 2 aromatic carbocycles. The average molecular weight is 389 g/mol. The number of halogens is 2. The fourth-order valence-corrected chi connectivity index (χ4v) is 3.11. The highest BCUT2D eigenvalue weighted by molar-refractivity contribution is 9.13. The molecule has 0 saturated carbocycles. The topological polar surface area (TPSA) is 34.1 Å². The Morgan fingerprint density at radius 1 is 1.11 bits per heavy atom. The van der Waals surface area contributed by atoms with Crippen molar-refractivity contribution >= 4 is 41.7 Å². The number of sulfone groups is 1. The molecule has 93 valence electrons. The number of hydrogen-bond acceptors (Lipinski definition) is 2. The van der Waals surface area contributed by atoms with Crippen molar-refractivity contribution in [2.24, 2.45) is 0 Å². The van der Waals surface area contributed by atoms with Gasteiger partial charge in [-0.3, -0.25) is 0 Å². The van der Waals surface area contributed by atoms with Crippen LogP contribution in [0.2, 0.25) is 0 Å². The van der Waals surface area contributed by atoms with Gasteiger partial charge in [0.1, 0.15) is 0 Å². The zero-order valence-electron chi connectivity index (χ0n) is 9.44. The average Bonchev–Trinajstić information content (AvgIpc) is 2.32. The Morgan fingerprint density at radius 2 is 1.83 bits per heavy atom. The summed E-state index contributed by atoms with van der Waals surface area (Å²) in [5.41, 5.74) is 1.40. The van der Waals surface area contributed by atoms with E-state index >= 15 is 0 Å². The number of hydrogen-bond donors (Lipinski definition) is 0. The van der Waals surface area contributed by atoms with Gasteiger partial charge in [-0.2, -0.15) is 0 Å². The Balaban J connectivity index is 2.68. The minimum absolute atomic E-state index is 0.291. The monoisotopic (exact) mass is 387 g/mol. The van der Waals surface area contributed by atoms with Gasteiger partial charge in [0.25, 0.3) is 0 Å². The van der Waals surface area contributed by atoms with Crippen molar-refractivity contribution < 1.29 is 8.42 Å². The molecule has 0 bridgehead atoms. The first-order valence-corrected chi connectivity index (χ1v) is 8.53. The summed E-state index contributed by atoms with van der Waals surface area (Å²) in [5, 5.41) is 0. The van der Waals surface area contributed by atoms with Crippen molar-refractivity contribution in [1.82, 2.24) is 0 Å². The Hall–Kier alpha value is -0.650. The van der Waals surface area contributed by atoms with Gasteiger partial charge in [-0.1, -0.05) is 18.2 Å². The van der Waals surface area contributed by atoms with Gasteiger partial charge in [-0.25, -0.2) is 8.42 Å². The summed E-state index contributed by atoms with van der Waals surface area (Å²) in [4.78, 5) is 0.291. The van der Waals surface area contributed by atoms with Gasteiger partial charge >= 0.3 is 0 Å². The Labute approximate surface area is 123 Å². The van der Waals surface area contributed by atoms with E-state index < -0.39 is 9.84 Å². The van der Waals surface area contributed by atoms with Crippen molar-refractivity contribution in [3.63, 3.8) is 0 Å². The quantitative estimate of drug-likeness (QED) is 0.776. The van der Waals surface area contributed by atoms with Crippen LogP contribution in [0, 0.1) is 6.07 Å². The molecule has 2 nitrogen and oxygen atoms in total. The van der Waals surface area contributed by atoms with Crippen LogP contribution in [-0.4, -0.2) is 14.7 Å². The minimum Gasteiger partial charge on any atom is -0.224 e. The Kier molecular flexibility index (Phi) is 3.94. The summed E-state index contributed by atoms with van der Waals surface area (Å²) in [7, 11) is -3.26. The van der Waals surface area contributed by atoms with Crippen molar-refractivity contribution in [3.8, 4) is 11.1 Å². The normalized spacial score (nSPS) is 11.5. The molecule has 2 rings (SSSR count). The van der Waals surface area contributed by atoms with Crippen LogP contribution in [0.25, 0.3) is 11.1 Å². The summed E-state index contributed by atoms with van der Waals surface area (Å²) < 4.78 is 25.3. The van der Waals surface area contributed by atoms with Gasteiger partial charge in [0.05, 0.1) is 4.90 Å². The molecule has 18 heavy (non-hydrogen) atoms. The van der Waals surface area contributed by atoms with E-state index in [-0.39, 0.29) is 0 Å². The first kappa shape index (κ1) is 13.8. The van der Waals surface area contributed by atoms with Crippen LogP contribution >= 0.6 is 31.9 Å². The first-order chi connectivity index (χ1) is 8.39. The lowest BCUT2D eigenvalue weighted by Crippen LogP contribution is -1.99. The molecular weight excluding hydrogens is 380 g/mol. The molecule has 0 atom stereocenters. The number of rotatable bonds is 2. The summed E-state index contributed by atoms with van der Waals surface area (Å²) in [6.07, 6.45) is 1.20. The summed E-state index contributed by atoms with van der Waals surface area (Å²) in [6.45, 7) is 0. The highest BCUT2D eigenvalue weighted by Gasteiger charge is 2.14. The van der Waals surface area contributed by atoms with Crippen molar-refractivity contribution in [2.75, 3.05) is 6.26 Å². The van der Waals surface area contributed by atoms with E-state index in [1.807, 2.05) is 18.2 Å². The van der Waals surface area contributed by atoms with E-state index in [4.69, 9.17) is 0 Å². The Bertz CT molecular complexity index is 694. The highest BCUT2D eigenvalue weighted by Crippen LogP contribution is 2.32. The third-order valence-corrected chi connectivity index (χ3v) is 5.44. The smallest absolute Gasteiger partial charge is 0.176 e. The van der Waals surface area contributed by atoms with E-state index in [0.29, 0.717) is 10.5 Å². The lowest BCUT2D eigenvalue weighted by Gasteiger charge is -2.08. The zero-order chi connectivity index (χ0) is 13.3. The second-order valence-electron chi connectivity index (χ2n) is 3.81. The van der Waals surface area contributed by atoms with E-state index in [0.717, 1.165) is 14.5 Å². The van der Waals surface area contributed by atoms with E-state index in [1.165, 1.54) is 6.26 Å². The molecule has 0 N–H and O–H groups in total. The lowest BCUT2D eigenvalue weighted by molar-refractivity contribution is 0.602. The molecule has 0 heterocycles. The molecule has 0 aliphatic carbocycles. The molecule has 0 aromatic heterocycles. The van der Waals surface area contributed by atoms with Gasteiger partial charge in [0, 0.05) is 20.8 Å². The molecule has 1 radical (unpaired) electrons. The lowest BCUT2D eigenvalue weighted by atomic mass is 10.1. The van der Waals surface area contributed by atoms with Gasteiger partial charge in [-0.05, 0) is 61.7 Å².